The second kappa shape index (κ2) is 4.70. The SMILES string of the molecule is O=C1CCC2(C=Cc3ccccc32)C(c2ccccc2)C1. The molecule has 0 bridgehead atoms. The van der Waals surface area contributed by atoms with Crippen LogP contribution in [0.5, 0.6) is 0 Å². The third-order valence-electron chi connectivity index (χ3n) is 5.10. The van der Waals surface area contributed by atoms with E-state index in [1.165, 1.54) is 16.7 Å². The summed E-state index contributed by atoms with van der Waals surface area (Å²) in [6, 6.07) is 19.2. The lowest BCUT2D eigenvalue weighted by molar-refractivity contribution is -0.121. The van der Waals surface area contributed by atoms with Gasteiger partial charge in [-0.3, -0.25) is 4.79 Å². The van der Waals surface area contributed by atoms with Gasteiger partial charge in [0.15, 0.2) is 0 Å². The highest BCUT2D eigenvalue weighted by Gasteiger charge is 2.46. The molecular formula is C20H18O. The summed E-state index contributed by atoms with van der Waals surface area (Å²) in [7, 11) is 0. The van der Waals surface area contributed by atoms with Crippen LogP contribution in [-0.4, -0.2) is 5.78 Å². The highest BCUT2D eigenvalue weighted by Crippen LogP contribution is 2.53. The maximum atomic E-state index is 12.1. The number of carbonyl (C=O) groups is 1. The van der Waals surface area contributed by atoms with E-state index in [0.717, 1.165) is 6.42 Å². The number of Topliss-reactive ketones (excluding diaryl/α,β-unsaturated/α-hetero) is 1. The molecule has 2 aromatic carbocycles. The molecule has 0 saturated heterocycles. The molecule has 0 radical (unpaired) electrons. The van der Waals surface area contributed by atoms with Crippen LogP contribution < -0.4 is 0 Å². The molecule has 0 aromatic heterocycles. The minimum absolute atomic E-state index is 0.00581. The average molecular weight is 274 g/mol. The van der Waals surface area contributed by atoms with Gasteiger partial charge in [0.05, 0.1) is 0 Å². The molecular weight excluding hydrogens is 256 g/mol. The van der Waals surface area contributed by atoms with Crippen LogP contribution in [0.2, 0.25) is 0 Å². The van der Waals surface area contributed by atoms with Crippen LogP contribution in [0.3, 0.4) is 0 Å². The highest BCUT2D eigenvalue weighted by molar-refractivity contribution is 5.82. The topological polar surface area (TPSA) is 17.1 Å². The summed E-state index contributed by atoms with van der Waals surface area (Å²) in [5.41, 5.74) is 4.00. The number of benzene rings is 2. The van der Waals surface area contributed by atoms with Crippen molar-refractivity contribution in [3.05, 3.63) is 77.4 Å². The third-order valence-corrected chi connectivity index (χ3v) is 5.10. The number of carbonyl (C=O) groups excluding carboxylic acids is 1. The number of ketones is 1. The Hall–Kier alpha value is -2.15. The van der Waals surface area contributed by atoms with Crippen LogP contribution in [0.1, 0.15) is 41.9 Å². The number of allylic oxidation sites excluding steroid dienone is 1. The van der Waals surface area contributed by atoms with Gasteiger partial charge in [0.2, 0.25) is 0 Å². The van der Waals surface area contributed by atoms with Crippen LogP contribution in [0.4, 0.5) is 0 Å². The summed E-state index contributed by atoms with van der Waals surface area (Å²) in [6.07, 6.45) is 6.87. The normalized spacial score (nSPS) is 27.0. The summed E-state index contributed by atoms with van der Waals surface area (Å²) in [5.74, 6) is 0.659. The fourth-order valence-corrected chi connectivity index (χ4v) is 4.05. The smallest absolute Gasteiger partial charge is 0.133 e. The minimum Gasteiger partial charge on any atom is -0.300 e. The van der Waals surface area contributed by atoms with Crippen molar-refractivity contribution in [3.8, 4) is 0 Å². The second-order valence-corrected chi connectivity index (χ2v) is 6.17. The van der Waals surface area contributed by atoms with Gasteiger partial charge < -0.3 is 0 Å². The predicted molar refractivity (Wildman–Crippen MR) is 85.2 cm³/mol. The van der Waals surface area contributed by atoms with Gasteiger partial charge in [0.1, 0.15) is 5.78 Å². The Labute approximate surface area is 125 Å². The van der Waals surface area contributed by atoms with Crippen molar-refractivity contribution in [2.45, 2.75) is 30.6 Å². The van der Waals surface area contributed by atoms with E-state index in [2.05, 4.69) is 60.7 Å². The zero-order chi connectivity index (χ0) is 14.3. The molecule has 1 heteroatoms. The van der Waals surface area contributed by atoms with Gasteiger partial charge in [-0.25, -0.2) is 0 Å². The first-order valence-corrected chi connectivity index (χ1v) is 7.65. The maximum Gasteiger partial charge on any atom is 0.133 e. The number of hydrogen-bond acceptors (Lipinski definition) is 1. The quantitative estimate of drug-likeness (QED) is 0.749. The monoisotopic (exact) mass is 274 g/mol. The predicted octanol–water partition coefficient (Wildman–Crippen LogP) is 4.49. The van der Waals surface area contributed by atoms with Gasteiger partial charge >= 0.3 is 0 Å². The van der Waals surface area contributed by atoms with Crippen molar-refractivity contribution in [2.24, 2.45) is 0 Å². The van der Waals surface area contributed by atoms with Gasteiger partial charge in [-0.05, 0) is 23.1 Å². The zero-order valence-electron chi connectivity index (χ0n) is 12.0. The van der Waals surface area contributed by atoms with E-state index < -0.39 is 0 Å². The third kappa shape index (κ3) is 1.88. The largest absolute Gasteiger partial charge is 0.300 e. The molecule has 2 aliphatic carbocycles. The number of hydrogen-bond donors (Lipinski definition) is 0. The van der Waals surface area contributed by atoms with Gasteiger partial charge in [0, 0.05) is 24.2 Å². The summed E-state index contributed by atoms with van der Waals surface area (Å²) in [5, 5.41) is 0. The molecule has 2 aliphatic rings. The maximum absolute atomic E-state index is 12.1. The molecule has 2 atom stereocenters. The van der Waals surface area contributed by atoms with Crippen molar-refractivity contribution in [1.82, 2.24) is 0 Å². The van der Waals surface area contributed by atoms with E-state index >= 15 is 0 Å². The van der Waals surface area contributed by atoms with Gasteiger partial charge in [0.25, 0.3) is 0 Å². The lowest BCUT2D eigenvalue weighted by atomic mass is 9.61. The molecule has 4 rings (SSSR count). The van der Waals surface area contributed by atoms with Crippen LogP contribution in [0, 0.1) is 0 Å². The van der Waals surface area contributed by atoms with Crippen LogP contribution in [0.25, 0.3) is 6.08 Å². The second-order valence-electron chi connectivity index (χ2n) is 6.17. The van der Waals surface area contributed by atoms with Crippen molar-refractivity contribution in [1.29, 1.82) is 0 Å². The molecule has 0 aliphatic heterocycles. The summed E-state index contributed by atoms with van der Waals surface area (Å²) in [6.45, 7) is 0. The summed E-state index contributed by atoms with van der Waals surface area (Å²) in [4.78, 5) is 12.1. The summed E-state index contributed by atoms with van der Waals surface area (Å²) >= 11 is 0. The van der Waals surface area contributed by atoms with E-state index in [0.29, 0.717) is 18.6 Å². The van der Waals surface area contributed by atoms with Crippen LogP contribution in [0.15, 0.2) is 60.7 Å². The molecule has 2 unspecified atom stereocenters. The molecule has 1 saturated carbocycles. The van der Waals surface area contributed by atoms with Crippen molar-refractivity contribution >= 4 is 11.9 Å². The molecule has 1 fully saturated rings. The lowest BCUT2D eigenvalue weighted by Crippen LogP contribution is -2.36. The Kier molecular flexibility index (Phi) is 2.81. The van der Waals surface area contributed by atoms with E-state index in [1.807, 2.05) is 6.07 Å². The molecule has 0 N–H and O–H groups in total. The van der Waals surface area contributed by atoms with Crippen molar-refractivity contribution < 1.29 is 4.79 Å². The molecule has 1 spiro atoms. The van der Waals surface area contributed by atoms with E-state index in [-0.39, 0.29) is 11.3 Å². The molecule has 104 valence electrons. The van der Waals surface area contributed by atoms with Crippen molar-refractivity contribution in [3.63, 3.8) is 0 Å². The fourth-order valence-electron chi connectivity index (χ4n) is 4.05. The number of rotatable bonds is 1. The molecule has 0 heterocycles. The van der Waals surface area contributed by atoms with Crippen LogP contribution in [-0.2, 0) is 10.2 Å². The molecule has 2 aromatic rings. The Morgan fingerprint density at radius 1 is 0.952 bits per heavy atom. The summed E-state index contributed by atoms with van der Waals surface area (Å²) < 4.78 is 0. The van der Waals surface area contributed by atoms with Crippen LogP contribution >= 0.6 is 0 Å². The Morgan fingerprint density at radius 3 is 2.57 bits per heavy atom. The molecule has 21 heavy (non-hydrogen) atoms. The Balaban J connectivity index is 1.87. The molecule has 0 amide bonds. The Morgan fingerprint density at radius 2 is 1.71 bits per heavy atom. The first-order chi connectivity index (χ1) is 10.3. The Bertz CT molecular complexity index is 714. The van der Waals surface area contributed by atoms with Gasteiger partial charge in [-0.2, -0.15) is 0 Å². The number of fused-ring (bicyclic) bond motifs is 2. The first kappa shape index (κ1) is 12.6. The molecule has 1 nitrogen and oxygen atoms in total. The van der Waals surface area contributed by atoms with Gasteiger partial charge in [-0.15, -0.1) is 0 Å². The van der Waals surface area contributed by atoms with Gasteiger partial charge in [-0.1, -0.05) is 66.7 Å². The fraction of sp³-hybridized carbons (Fsp3) is 0.250. The van der Waals surface area contributed by atoms with Crippen molar-refractivity contribution in [2.75, 3.05) is 0 Å². The minimum atomic E-state index is 0.00581. The van der Waals surface area contributed by atoms with E-state index in [9.17, 15) is 4.79 Å². The highest BCUT2D eigenvalue weighted by atomic mass is 16.1. The van der Waals surface area contributed by atoms with E-state index in [1.54, 1.807) is 0 Å². The average Bonchev–Trinajstić information content (AvgIpc) is 2.91. The van der Waals surface area contributed by atoms with E-state index in [4.69, 9.17) is 0 Å². The zero-order valence-corrected chi connectivity index (χ0v) is 12.0. The lowest BCUT2D eigenvalue weighted by Gasteiger charge is -2.41. The first-order valence-electron chi connectivity index (χ1n) is 7.65. The standard InChI is InChI=1S/C20H18O/c21-17-11-13-20(12-10-16-8-4-5-9-18(16)20)19(14-17)15-6-2-1-3-7-15/h1-10,12,19H,11,13-14H2.